The minimum absolute atomic E-state index is 0.0103. The van der Waals surface area contributed by atoms with Gasteiger partial charge in [0.05, 0.1) is 11.4 Å². The number of amides is 2. The van der Waals surface area contributed by atoms with Crippen LogP contribution in [-0.2, 0) is 16.0 Å². The Bertz CT molecular complexity index is 547. The molecule has 0 aromatic heterocycles. The Kier molecular flexibility index (Phi) is 3.47. The molecule has 1 aromatic rings. The summed E-state index contributed by atoms with van der Waals surface area (Å²) in [5.74, 6) is -0.211. The van der Waals surface area contributed by atoms with Gasteiger partial charge in [0, 0.05) is 19.4 Å². The van der Waals surface area contributed by atoms with E-state index < -0.39 is 0 Å². The Balaban J connectivity index is 1.97. The van der Waals surface area contributed by atoms with Crippen LogP contribution in [0, 0.1) is 5.92 Å². The van der Waals surface area contributed by atoms with Gasteiger partial charge in [-0.3, -0.25) is 9.59 Å². The molecular weight excluding hydrogens is 252 g/mol. The third kappa shape index (κ3) is 2.19. The summed E-state index contributed by atoms with van der Waals surface area (Å²) in [5.41, 5.74) is 2.87. The van der Waals surface area contributed by atoms with Gasteiger partial charge in [0.1, 0.15) is 0 Å². The fraction of sp³-hybridized carbons (Fsp3) is 0.500. The summed E-state index contributed by atoms with van der Waals surface area (Å²) in [5, 5.41) is 3.30. The maximum absolute atomic E-state index is 12.7. The summed E-state index contributed by atoms with van der Waals surface area (Å²) < 4.78 is 0. The van der Waals surface area contributed by atoms with Crippen molar-refractivity contribution in [2.45, 2.75) is 39.0 Å². The molecule has 4 nitrogen and oxygen atoms in total. The van der Waals surface area contributed by atoms with Crippen molar-refractivity contribution in [3.63, 3.8) is 0 Å². The molecule has 3 rings (SSSR count). The Morgan fingerprint density at radius 3 is 2.70 bits per heavy atom. The molecule has 0 bridgehead atoms. The van der Waals surface area contributed by atoms with Gasteiger partial charge >= 0.3 is 0 Å². The van der Waals surface area contributed by atoms with E-state index in [1.165, 1.54) is 17.4 Å². The molecule has 4 heteroatoms. The zero-order valence-corrected chi connectivity index (χ0v) is 11.8. The first-order chi connectivity index (χ1) is 9.68. The van der Waals surface area contributed by atoms with E-state index in [-0.39, 0.29) is 17.7 Å². The van der Waals surface area contributed by atoms with E-state index in [1.807, 2.05) is 12.1 Å². The monoisotopic (exact) mass is 272 g/mol. The molecule has 1 saturated carbocycles. The zero-order valence-electron chi connectivity index (χ0n) is 11.8. The van der Waals surface area contributed by atoms with Crippen LogP contribution in [0.4, 0.5) is 11.4 Å². The second kappa shape index (κ2) is 5.27. The van der Waals surface area contributed by atoms with Crippen LogP contribution in [0.5, 0.6) is 0 Å². The highest BCUT2D eigenvalue weighted by atomic mass is 16.2. The van der Waals surface area contributed by atoms with Gasteiger partial charge in [0.25, 0.3) is 0 Å². The molecule has 0 saturated heterocycles. The van der Waals surface area contributed by atoms with Gasteiger partial charge in [-0.15, -0.1) is 0 Å². The van der Waals surface area contributed by atoms with Gasteiger partial charge in [-0.25, -0.2) is 4.90 Å². The number of para-hydroxylation sites is 1. The highest BCUT2D eigenvalue weighted by Crippen LogP contribution is 2.36. The van der Waals surface area contributed by atoms with Crippen molar-refractivity contribution in [1.82, 2.24) is 0 Å². The van der Waals surface area contributed by atoms with Crippen LogP contribution >= 0.6 is 0 Å². The van der Waals surface area contributed by atoms with Crippen LogP contribution in [0.25, 0.3) is 0 Å². The van der Waals surface area contributed by atoms with Crippen molar-refractivity contribution in [2.75, 3.05) is 16.8 Å². The van der Waals surface area contributed by atoms with Gasteiger partial charge in [-0.1, -0.05) is 25.0 Å². The number of hydrogen-bond donors (Lipinski definition) is 1. The number of nitrogens with zero attached hydrogens (tertiary/aromatic N) is 1. The number of hydrogen-bond acceptors (Lipinski definition) is 3. The van der Waals surface area contributed by atoms with Crippen LogP contribution in [0.3, 0.4) is 0 Å². The summed E-state index contributed by atoms with van der Waals surface area (Å²) >= 11 is 0. The molecular formula is C16H20N2O2. The highest BCUT2D eigenvalue weighted by Gasteiger charge is 2.32. The van der Waals surface area contributed by atoms with E-state index in [1.54, 1.807) is 0 Å². The number of nitrogens with one attached hydrogen (secondary N) is 1. The van der Waals surface area contributed by atoms with Crippen molar-refractivity contribution in [3.8, 4) is 0 Å². The second-order valence-corrected chi connectivity index (χ2v) is 5.66. The van der Waals surface area contributed by atoms with Crippen molar-refractivity contribution >= 4 is 23.2 Å². The first-order valence-corrected chi connectivity index (χ1v) is 7.39. The molecule has 0 unspecified atom stereocenters. The molecule has 2 amide bonds. The quantitative estimate of drug-likeness (QED) is 0.900. The number of benzene rings is 1. The van der Waals surface area contributed by atoms with Gasteiger partial charge in [0.2, 0.25) is 11.8 Å². The second-order valence-electron chi connectivity index (χ2n) is 5.66. The van der Waals surface area contributed by atoms with Crippen molar-refractivity contribution in [1.29, 1.82) is 0 Å². The standard InChI is InChI=1S/C16H20N2O2/c1-11(19)18(16(20)13-5-2-3-6-13)14-8-4-7-12-9-10-17-15(12)14/h4,7-8,13,17H,2-3,5-6,9-10H2,1H3. The van der Waals surface area contributed by atoms with Crippen LogP contribution in [0.2, 0.25) is 0 Å². The molecule has 1 heterocycles. The topological polar surface area (TPSA) is 49.4 Å². The van der Waals surface area contributed by atoms with E-state index in [4.69, 9.17) is 0 Å². The summed E-state index contributed by atoms with van der Waals surface area (Å²) in [6.07, 6.45) is 4.95. The first kappa shape index (κ1) is 13.2. The zero-order chi connectivity index (χ0) is 14.1. The van der Waals surface area contributed by atoms with E-state index in [9.17, 15) is 9.59 Å². The van der Waals surface area contributed by atoms with Crippen molar-refractivity contribution < 1.29 is 9.59 Å². The SMILES string of the molecule is CC(=O)N(C(=O)C1CCCC1)c1cccc2c1NCC2. The summed E-state index contributed by atoms with van der Waals surface area (Å²) in [7, 11) is 0. The average Bonchev–Trinajstić information content (AvgIpc) is 3.10. The van der Waals surface area contributed by atoms with E-state index in [2.05, 4.69) is 11.4 Å². The molecule has 0 radical (unpaired) electrons. The average molecular weight is 272 g/mol. The minimum Gasteiger partial charge on any atom is -0.383 e. The van der Waals surface area contributed by atoms with Crippen LogP contribution in [0.15, 0.2) is 18.2 Å². The largest absolute Gasteiger partial charge is 0.383 e. The maximum atomic E-state index is 12.7. The summed E-state index contributed by atoms with van der Waals surface area (Å²) in [6.45, 7) is 2.34. The predicted molar refractivity (Wildman–Crippen MR) is 78.8 cm³/mol. The minimum atomic E-state index is -0.191. The molecule has 1 aliphatic carbocycles. The van der Waals surface area contributed by atoms with E-state index in [0.29, 0.717) is 0 Å². The third-order valence-corrected chi connectivity index (χ3v) is 4.31. The van der Waals surface area contributed by atoms with Crippen molar-refractivity contribution in [3.05, 3.63) is 23.8 Å². The smallest absolute Gasteiger partial charge is 0.236 e. The lowest BCUT2D eigenvalue weighted by atomic mass is 10.0. The Hall–Kier alpha value is -1.84. The van der Waals surface area contributed by atoms with Crippen LogP contribution in [0.1, 0.15) is 38.2 Å². The van der Waals surface area contributed by atoms with Crippen LogP contribution < -0.4 is 10.2 Å². The molecule has 1 fully saturated rings. The number of rotatable bonds is 2. The number of imide groups is 1. The van der Waals surface area contributed by atoms with E-state index in [0.717, 1.165) is 50.0 Å². The lowest BCUT2D eigenvalue weighted by molar-refractivity contribution is -0.127. The van der Waals surface area contributed by atoms with Crippen molar-refractivity contribution in [2.24, 2.45) is 5.92 Å². The number of carbonyl (C=O) groups excluding carboxylic acids is 2. The van der Waals surface area contributed by atoms with E-state index >= 15 is 0 Å². The van der Waals surface area contributed by atoms with Gasteiger partial charge in [-0.05, 0) is 30.9 Å². The van der Waals surface area contributed by atoms with Gasteiger partial charge in [-0.2, -0.15) is 0 Å². The molecule has 0 atom stereocenters. The number of fused-ring (bicyclic) bond motifs is 1. The first-order valence-electron chi connectivity index (χ1n) is 7.39. The Labute approximate surface area is 119 Å². The van der Waals surface area contributed by atoms with Crippen LogP contribution in [-0.4, -0.2) is 18.4 Å². The fourth-order valence-corrected chi connectivity index (χ4v) is 3.31. The molecule has 2 aliphatic rings. The summed E-state index contributed by atoms with van der Waals surface area (Å²) in [4.78, 5) is 26.1. The molecule has 0 spiro atoms. The highest BCUT2D eigenvalue weighted by molar-refractivity contribution is 6.16. The molecule has 1 aromatic carbocycles. The Morgan fingerprint density at radius 2 is 2.00 bits per heavy atom. The van der Waals surface area contributed by atoms with Gasteiger partial charge < -0.3 is 5.32 Å². The molecule has 106 valence electrons. The normalized spacial score (nSPS) is 17.6. The number of anilines is 2. The molecule has 1 N–H and O–H groups in total. The molecule has 20 heavy (non-hydrogen) atoms. The van der Waals surface area contributed by atoms with Gasteiger partial charge in [0.15, 0.2) is 0 Å². The lowest BCUT2D eigenvalue weighted by Crippen LogP contribution is -2.39. The fourth-order valence-electron chi connectivity index (χ4n) is 3.31. The predicted octanol–water partition coefficient (Wildman–Crippen LogP) is 2.72. The third-order valence-electron chi connectivity index (χ3n) is 4.31. The number of carbonyl (C=O) groups is 2. The Morgan fingerprint density at radius 1 is 1.25 bits per heavy atom. The maximum Gasteiger partial charge on any atom is 0.236 e. The summed E-state index contributed by atoms with van der Waals surface area (Å²) in [6, 6.07) is 5.85. The lowest BCUT2D eigenvalue weighted by Gasteiger charge is -2.24. The molecule has 1 aliphatic heterocycles.